The van der Waals surface area contributed by atoms with Crippen molar-refractivity contribution in [2.24, 2.45) is 0 Å². The number of amides is 1. The lowest BCUT2D eigenvalue weighted by molar-refractivity contribution is 0.0991. The van der Waals surface area contributed by atoms with E-state index in [0.717, 1.165) is 40.7 Å². The zero-order chi connectivity index (χ0) is 29.5. The quantitative estimate of drug-likeness (QED) is 0.0925. The van der Waals surface area contributed by atoms with Crippen LogP contribution < -0.4 is 24.5 Å². The van der Waals surface area contributed by atoms with E-state index in [1.807, 2.05) is 0 Å². The van der Waals surface area contributed by atoms with Gasteiger partial charge in [0.2, 0.25) is 5.43 Å². The number of hydrogen-bond donors (Lipinski definition) is 0. The Morgan fingerprint density at radius 1 is 0.878 bits per heavy atom. The monoisotopic (exact) mass is 676 g/mol. The number of rotatable bonds is 12. The van der Waals surface area contributed by atoms with Gasteiger partial charge in [0.25, 0.3) is 5.91 Å². The maximum absolute atomic E-state index is 13.9. The van der Waals surface area contributed by atoms with Crippen LogP contribution >= 0.6 is 22.6 Å². The molecular formula is C31H31F2IN2O5. The molecule has 0 radical (unpaired) electrons. The molecule has 3 aromatic carbocycles. The highest BCUT2D eigenvalue weighted by atomic mass is 127. The Kier molecular flexibility index (Phi) is 10.2. The molecular weight excluding hydrogens is 645 g/mol. The first-order chi connectivity index (χ1) is 19.7. The van der Waals surface area contributed by atoms with E-state index in [1.54, 1.807) is 41.0 Å². The van der Waals surface area contributed by atoms with Gasteiger partial charge >= 0.3 is 0 Å². The van der Waals surface area contributed by atoms with E-state index >= 15 is 0 Å². The van der Waals surface area contributed by atoms with Gasteiger partial charge in [0.15, 0.2) is 0 Å². The van der Waals surface area contributed by atoms with E-state index in [-0.39, 0.29) is 16.6 Å². The standard InChI is InChI=1S/C31H31F2IN2O5/c1-35(22-13-20(32)12-21(33)14-22)31(38)28-19-36(23-15-25(39-2)17-26(16-23)40-3)29-18-24(8-9-27(29)30(28)37)41-11-7-5-4-6-10-34/h8-9,12-19H,4-7,10-11H2,1-3H3. The molecule has 0 fully saturated rings. The van der Waals surface area contributed by atoms with Gasteiger partial charge in [-0.3, -0.25) is 9.59 Å². The molecule has 0 bridgehead atoms. The van der Waals surface area contributed by atoms with Crippen LogP contribution in [-0.4, -0.2) is 42.8 Å². The number of anilines is 1. The van der Waals surface area contributed by atoms with Gasteiger partial charge in [0, 0.05) is 54.6 Å². The molecule has 1 heterocycles. The van der Waals surface area contributed by atoms with Crippen molar-refractivity contribution in [3.63, 3.8) is 0 Å². The van der Waals surface area contributed by atoms with E-state index in [1.165, 1.54) is 33.9 Å². The number of carbonyl (C=O) groups is 1. The molecule has 41 heavy (non-hydrogen) atoms. The Morgan fingerprint density at radius 2 is 1.54 bits per heavy atom. The average Bonchev–Trinajstić information content (AvgIpc) is 2.97. The van der Waals surface area contributed by atoms with Crippen LogP contribution in [0.1, 0.15) is 36.0 Å². The molecule has 0 aliphatic rings. The molecule has 0 unspecified atom stereocenters. The van der Waals surface area contributed by atoms with Crippen molar-refractivity contribution < 1.29 is 27.8 Å². The van der Waals surface area contributed by atoms with Crippen LogP contribution in [0.15, 0.2) is 65.6 Å². The van der Waals surface area contributed by atoms with Crippen molar-refractivity contribution in [3.05, 3.63) is 88.2 Å². The van der Waals surface area contributed by atoms with E-state index in [0.29, 0.717) is 41.1 Å². The first-order valence-electron chi connectivity index (χ1n) is 13.1. The number of halogens is 3. The van der Waals surface area contributed by atoms with Crippen LogP contribution in [0, 0.1) is 11.6 Å². The van der Waals surface area contributed by atoms with Crippen LogP contribution in [0.25, 0.3) is 16.6 Å². The van der Waals surface area contributed by atoms with Crippen molar-refractivity contribution in [2.45, 2.75) is 25.7 Å². The van der Waals surface area contributed by atoms with Gasteiger partial charge in [-0.15, -0.1) is 0 Å². The summed E-state index contributed by atoms with van der Waals surface area (Å²) < 4.78 is 47.5. The molecule has 0 atom stereocenters. The van der Waals surface area contributed by atoms with E-state index in [4.69, 9.17) is 14.2 Å². The average molecular weight is 676 g/mol. The van der Waals surface area contributed by atoms with Crippen molar-refractivity contribution in [1.82, 2.24) is 4.57 Å². The van der Waals surface area contributed by atoms with Crippen LogP contribution in [0.5, 0.6) is 17.2 Å². The molecule has 4 rings (SSSR count). The summed E-state index contributed by atoms with van der Waals surface area (Å²) in [5, 5.41) is 0.269. The number of methoxy groups -OCH3 is 2. The Hall–Kier alpha value is -3.67. The van der Waals surface area contributed by atoms with Crippen LogP contribution in [0.4, 0.5) is 14.5 Å². The van der Waals surface area contributed by atoms with Crippen molar-refractivity contribution in [1.29, 1.82) is 0 Å². The first kappa shape index (κ1) is 30.3. The third-order valence-electron chi connectivity index (χ3n) is 6.66. The van der Waals surface area contributed by atoms with Gasteiger partial charge in [-0.2, -0.15) is 0 Å². The number of pyridine rings is 1. The lowest BCUT2D eigenvalue weighted by Crippen LogP contribution is -2.32. The highest BCUT2D eigenvalue weighted by Crippen LogP contribution is 2.29. The number of aromatic nitrogens is 1. The summed E-state index contributed by atoms with van der Waals surface area (Å²) in [4.78, 5) is 28.3. The third-order valence-corrected chi connectivity index (χ3v) is 7.42. The third kappa shape index (κ3) is 7.16. The summed E-state index contributed by atoms with van der Waals surface area (Å²) in [5.74, 6) is -0.804. The molecule has 216 valence electrons. The Labute approximate surface area is 250 Å². The van der Waals surface area contributed by atoms with E-state index in [9.17, 15) is 18.4 Å². The Morgan fingerprint density at radius 3 is 2.17 bits per heavy atom. The Balaban J connectivity index is 1.82. The smallest absolute Gasteiger partial charge is 0.263 e. The van der Waals surface area contributed by atoms with Crippen LogP contribution in [0.2, 0.25) is 0 Å². The van der Waals surface area contributed by atoms with Gasteiger partial charge in [0.1, 0.15) is 34.4 Å². The van der Waals surface area contributed by atoms with Crippen LogP contribution in [-0.2, 0) is 0 Å². The largest absolute Gasteiger partial charge is 0.497 e. The summed E-state index contributed by atoms with van der Waals surface area (Å²) in [5.41, 5.74) is 0.337. The molecule has 0 aliphatic heterocycles. The molecule has 0 N–H and O–H groups in total. The van der Waals surface area contributed by atoms with Crippen LogP contribution in [0.3, 0.4) is 0 Å². The number of unbranched alkanes of at least 4 members (excludes halogenated alkanes) is 3. The highest BCUT2D eigenvalue weighted by molar-refractivity contribution is 14.1. The fourth-order valence-electron chi connectivity index (χ4n) is 4.46. The van der Waals surface area contributed by atoms with Gasteiger partial charge in [0.05, 0.1) is 32.0 Å². The zero-order valence-corrected chi connectivity index (χ0v) is 25.2. The van der Waals surface area contributed by atoms with E-state index < -0.39 is 23.0 Å². The summed E-state index contributed by atoms with van der Waals surface area (Å²) in [6.07, 6.45) is 5.72. The lowest BCUT2D eigenvalue weighted by atomic mass is 10.1. The molecule has 0 aliphatic carbocycles. The SMILES string of the molecule is COc1cc(OC)cc(-n2cc(C(=O)N(C)c3cc(F)cc(F)c3)c(=O)c3ccc(OCCCCCCI)cc32)c1. The zero-order valence-electron chi connectivity index (χ0n) is 23.1. The van der Waals surface area contributed by atoms with E-state index in [2.05, 4.69) is 22.6 Å². The maximum atomic E-state index is 13.9. The highest BCUT2D eigenvalue weighted by Gasteiger charge is 2.22. The second kappa shape index (κ2) is 13.8. The second-order valence-electron chi connectivity index (χ2n) is 9.44. The fourth-order valence-corrected chi connectivity index (χ4v) is 5.00. The molecule has 0 saturated carbocycles. The number of hydrogen-bond acceptors (Lipinski definition) is 5. The predicted molar refractivity (Wildman–Crippen MR) is 165 cm³/mol. The van der Waals surface area contributed by atoms with Gasteiger partial charge in [-0.1, -0.05) is 35.4 Å². The summed E-state index contributed by atoms with van der Waals surface area (Å²) in [7, 11) is 4.41. The minimum Gasteiger partial charge on any atom is -0.497 e. The normalized spacial score (nSPS) is 11.0. The molecule has 4 aromatic rings. The second-order valence-corrected chi connectivity index (χ2v) is 10.5. The minimum absolute atomic E-state index is 0.0242. The summed E-state index contributed by atoms with van der Waals surface area (Å²) in [6.45, 7) is 0.537. The molecule has 1 amide bonds. The molecule has 0 spiro atoms. The summed E-state index contributed by atoms with van der Waals surface area (Å²) in [6, 6.07) is 13.0. The van der Waals surface area contributed by atoms with Crippen molar-refractivity contribution in [2.75, 3.05) is 37.2 Å². The van der Waals surface area contributed by atoms with Crippen molar-refractivity contribution >= 4 is 45.1 Å². The molecule has 10 heteroatoms. The molecule has 1 aromatic heterocycles. The van der Waals surface area contributed by atoms with Crippen molar-refractivity contribution in [3.8, 4) is 22.9 Å². The minimum atomic E-state index is -0.836. The number of nitrogens with zero attached hydrogens (tertiary/aromatic N) is 2. The number of alkyl halides is 1. The van der Waals surface area contributed by atoms with Gasteiger partial charge in [-0.05, 0) is 41.5 Å². The first-order valence-corrected chi connectivity index (χ1v) is 14.6. The molecule has 0 saturated heterocycles. The lowest BCUT2D eigenvalue weighted by Gasteiger charge is -2.20. The number of ether oxygens (including phenoxy) is 3. The number of fused-ring (bicyclic) bond motifs is 1. The fraction of sp³-hybridized carbons (Fsp3) is 0.290. The number of benzene rings is 3. The topological polar surface area (TPSA) is 70.0 Å². The predicted octanol–water partition coefficient (Wildman–Crippen LogP) is 6.94. The molecule has 7 nitrogen and oxygen atoms in total. The van der Waals surface area contributed by atoms with Gasteiger partial charge in [-0.25, -0.2) is 8.78 Å². The van der Waals surface area contributed by atoms with Gasteiger partial charge < -0.3 is 23.7 Å². The Bertz CT molecular complexity index is 1570. The maximum Gasteiger partial charge on any atom is 0.263 e. The number of carbonyl (C=O) groups excluding carboxylic acids is 1. The summed E-state index contributed by atoms with van der Waals surface area (Å²) >= 11 is 2.37.